The first-order chi connectivity index (χ1) is 14.8. The zero-order chi connectivity index (χ0) is 24.7. The molecule has 32 heavy (non-hydrogen) atoms. The van der Waals surface area contributed by atoms with Gasteiger partial charge >= 0.3 is 12.2 Å². The fraction of sp³-hybridized carbons (Fsp3) is 0.917. The number of nitrogens with two attached hydrogens (primary N) is 2. The standard InChI is InChI=1S/C24H50N4O4/c1-22(2,3)31-20(29)27-18-12-15-24(26,14-10-8-7-9-11-17-25)16-13-19-28-21(30)32-23(4,5)6/h7-19,25-26H2,1-6H3,(H,27,29)(H,28,30). The highest BCUT2D eigenvalue weighted by Crippen LogP contribution is 2.24. The number of carbonyl (C=O) groups excluding carboxylic acids is 2. The lowest BCUT2D eigenvalue weighted by Gasteiger charge is -2.30. The molecular formula is C24H50N4O4. The number of rotatable bonds is 15. The zero-order valence-electron chi connectivity index (χ0n) is 21.5. The average Bonchev–Trinajstić information content (AvgIpc) is 2.63. The second kappa shape index (κ2) is 15.3. The van der Waals surface area contributed by atoms with Crippen molar-refractivity contribution in [3.05, 3.63) is 0 Å². The molecule has 0 saturated heterocycles. The van der Waals surface area contributed by atoms with Crippen LogP contribution in [0.5, 0.6) is 0 Å². The summed E-state index contributed by atoms with van der Waals surface area (Å²) in [5.41, 5.74) is 11.0. The molecule has 8 heteroatoms. The molecule has 0 aliphatic heterocycles. The summed E-state index contributed by atoms with van der Waals surface area (Å²) in [7, 11) is 0. The van der Waals surface area contributed by atoms with Gasteiger partial charge in [-0.1, -0.05) is 25.7 Å². The van der Waals surface area contributed by atoms with Crippen LogP contribution in [-0.4, -0.2) is 48.6 Å². The van der Waals surface area contributed by atoms with E-state index in [9.17, 15) is 9.59 Å². The summed E-state index contributed by atoms with van der Waals surface area (Å²) in [6, 6.07) is 0. The number of hydrogen-bond donors (Lipinski definition) is 4. The lowest BCUT2D eigenvalue weighted by Crippen LogP contribution is -2.42. The molecule has 0 aromatic carbocycles. The minimum atomic E-state index is -0.507. The maximum Gasteiger partial charge on any atom is 0.407 e. The number of amides is 2. The summed E-state index contributed by atoms with van der Waals surface area (Å²) >= 11 is 0. The Morgan fingerprint density at radius 1 is 0.656 bits per heavy atom. The van der Waals surface area contributed by atoms with Crippen molar-refractivity contribution < 1.29 is 19.1 Å². The number of unbranched alkanes of at least 4 members (excludes halogenated alkanes) is 4. The first-order valence-corrected chi connectivity index (χ1v) is 12.2. The number of carbonyl (C=O) groups is 2. The van der Waals surface area contributed by atoms with E-state index in [4.69, 9.17) is 20.9 Å². The molecule has 0 atom stereocenters. The zero-order valence-corrected chi connectivity index (χ0v) is 21.5. The van der Waals surface area contributed by atoms with Gasteiger partial charge < -0.3 is 31.6 Å². The van der Waals surface area contributed by atoms with Gasteiger partial charge in [-0.3, -0.25) is 0 Å². The second-order valence-electron chi connectivity index (χ2n) is 10.7. The predicted octanol–water partition coefficient (Wildman–Crippen LogP) is 4.59. The van der Waals surface area contributed by atoms with Gasteiger partial charge in [0, 0.05) is 18.6 Å². The molecule has 0 spiro atoms. The van der Waals surface area contributed by atoms with Crippen LogP contribution in [0.15, 0.2) is 0 Å². The largest absolute Gasteiger partial charge is 0.444 e. The van der Waals surface area contributed by atoms with Gasteiger partial charge in [0.25, 0.3) is 0 Å². The maximum absolute atomic E-state index is 11.8. The molecule has 190 valence electrons. The van der Waals surface area contributed by atoms with Gasteiger partial charge in [0.1, 0.15) is 11.2 Å². The summed E-state index contributed by atoms with van der Waals surface area (Å²) in [6.07, 6.45) is 8.91. The SMILES string of the molecule is CC(C)(C)OC(=O)NCCCC(N)(CCCCCCCN)CCCNC(=O)OC(C)(C)C. The molecule has 0 saturated carbocycles. The Balaban J connectivity index is 4.46. The normalized spacial score (nSPS) is 12.4. The topological polar surface area (TPSA) is 129 Å². The van der Waals surface area contributed by atoms with Crippen molar-refractivity contribution >= 4 is 12.2 Å². The maximum atomic E-state index is 11.8. The van der Waals surface area contributed by atoms with E-state index in [-0.39, 0.29) is 5.54 Å². The Morgan fingerprint density at radius 2 is 1.03 bits per heavy atom. The first-order valence-electron chi connectivity index (χ1n) is 12.2. The lowest BCUT2D eigenvalue weighted by molar-refractivity contribution is 0.0516. The van der Waals surface area contributed by atoms with Gasteiger partial charge in [0.05, 0.1) is 0 Å². The summed E-state index contributed by atoms with van der Waals surface area (Å²) in [5.74, 6) is 0. The van der Waals surface area contributed by atoms with Crippen molar-refractivity contribution in [3.63, 3.8) is 0 Å². The molecule has 6 N–H and O–H groups in total. The highest BCUT2D eigenvalue weighted by atomic mass is 16.6. The van der Waals surface area contributed by atoms with Gasteiger partial charge in [-0.2, -0.15) is 0 Å². The van der Waals surface area contributed by atoms with Crippen LogP contribution in [0.3, 0.4) is 0 Å². The monoisotopic (exact) mass is 458 g/mol. The van der Waals surface area contributed by atoms with Crippen molar-refractivity contribution in [3.8, 4) is 0 Å². The van der Waals surface area contributed by atoms with Gasteiger partial charge in [0.2, 0.25) is 0 Å². The van der Waals surface area contributed by atoms with Crippen LogP contribution in [0.1, 0.15) is 106 Å². The number of hydrogen-bond acceptors (Lipinski definition) is 6. The molecule has 2 amide bonds. The summed E-state index contributed by atoms with van der Waals surface area (Å²) < 4.78 is 10.6. The van der Waals surface area contributed by atoms with Crippen molar-refractivity contribution in [1.82, 2.24) is 10.6 Å². The van der Waals surface area contributed by atoms with Gasteiger partial charge in [-0.05, 0) is 86.6 Å². The Morgan fingerprint density at radius 3 is 1.44 bits per heavy atom. The Bertz CT molecular complexity index is 491. The van der Waals surface area contributed by atoms with E-state index in [1.165, 1.54) is 6.42 Å². The molecule has 0 aromatic heterocycles. The van der Waals surface area contributed by atoms with E-state index in [2.05, 4.69) is 10.6 Å². The van der Waals surface area contributed by atoms with Gasteiger partial charge in [0.15, 0.2) is 0 Å². The molecule has 0 fully saturated rings. The second-order valence-corrected chi connectivity index (χ2v) is 10.7. The Hall–Kier alpha value is -1.54. The van der Waals surface area contributed by atoms with E-state index in [1.807, 2.05) is 41.5 Å². The van der Waals surface area contributed by atoms with Crippen LogP contribution in [0.25, 0.3) is 0 Å². The van der Waals surface area contributed by atoms with Crippen LogP contribution < -0.4 is 22.1 Å². The van der Waals surface area contributed by atoms with E-state index >= 15 is 0 Å². The predicted molar refractivity (Wildman–Crippen MR) is 131 cm³/mol. The quantitative estimate of drug-likeness (QED) is 0.266. The van der Waals surface area contributed by atoms with Crippen LogP contribution in [-0.2, 0) is 9.47 Å². The minimum Gasteiger partial charge on any atom is -0.444 e. The van der Waals surface area contributed by atoms with Crippen LogP contribution >= 0.6 is 0 Å². The Labute approximate surface area is 195 Å². The molecule has 0 aliphatic rings. The third kappa shape index (κ3) is 19.2. The summed E-state index contributed by atoms with van der Waals surface area (Å²) in [6.45, 7) is 12.9. The van der Waals surface area contributed by atoms with E-state index < -0.39 is 23.4 Å². The van der Waals surface area contributed by atoms with Crippen molar-refractivity contribution in [2.75, 3.05) is 19.6 Å². The van der Waals surface area contributed by atoms with E-state index in [1.54, 1.807) is 0 Å². The minimum absolute atomic E-state index is 0.320. The molecule has 0 unspecified atom stereocenters. The molecule has 0 radical (unpaired) electrons. The van der Waals surface area contributed by atoms with Crippen LogP contribution in [0.2, 0.25) is 0 Å². The number of nitrogens with one attached hydrogen (secondary N) is 2. The highest BCUT2D eigenvalue weighted by Gasteiger charge is 2.24. The molecular weight excluding hydrogens is 408 g/mol. The average molecular weight is 459 g/mol. The molecule has 0 aromatic rings. The van der Waals surface area contributed by atoms with Crippen LogP contribution in [0, 0.1) is 0 Å². The smallest absolute Gasteiger partial charge is 0.407 e. The lowest BCUT2D eigenvalue weighted by atomic mass is 9.84. The van der Waals surface area contributed by atoms with E-state index in [0.717, 1.165) is 64.3 Å². The molecule has 8 nitrogen and oxygen atoms in total. The van der Waals surface area contributed by atoms with Gasteiger partial charge in [-0.25, -0.2) is 9.59 Å². The molecule has 0 heterocycles. The molecule has 0 bridgehead atoms. The van der Waals surface area contributed by atoms with Gasteiger partial charge in [-0.15, -0.1) is 0 Å². The van der Waals surface area contributed by atoms with Crippen molar-refractivity contribution in [2.24, 2.45) is 11.5 Å². The highest BCUT2D eigenvalue weighted by molar-refractivity contribution is 5.67. The summed E-state index contributed by atoms with van der Waals surface area (Å²) in [4.78, 5) is 23.7. The van der Waals surface area contributed by atoms with Crippen molar-refractivity contribution in [2.45, 2.75) is 122 Å². The fourth-order valence-electron chi connectivity index (χ4n) is 3.42. The van der Waals surface area contributed by atoms with E-state index in [0.29, 0.717) is 13.1 Å². The number of ether oxygens (including phenoxy) is 2. The number of alkyl carbamates (subject to hydrolysis) is 2. The first kappa shape index (κ1) is 30.5. The summed E-state index contributed by atoms with van der Waals surface area (Å²) in [5, 5.41) is 5.61. The Kier molecular flexibility index (Phi) is 14.6. The fourth-order valence-corrected chi connectivity index (χ4v) is 3.42. The molecule has 0 rings (SSSR count). The van der Waals surface area contributed by atoms with Crippen LogP contribution in [0.4, 0.5) is 9.59 Å². The third-order valence-corrected chi connectivity index (χ3v) is 4.92. The molecule has 0 aliphatic carbocycles. The van der Waals surface area contributed by atoms with Crippen molar-refractivity contribution in [1.29, 1.82) is 0 Å². The third-order valence-electron chi connectivity index (χ3n) is 4.92.